The molecule has 12 nitrogen and oxygen atoms in total. The number of amides is 1. The lowest BCUT2D eigenvalue weighted by Gasteiger charge is -2.29. The largest absolute Gasteiger partial charge is 0.462 e. The molecule has 0 saturated heterocycles. The number of ether oxygens (including phenoxy) is 2. The van der Waals surface area contributed by atoms with Gasteiger partial charge in [0.1, 0.15) is 19.0 Å². The summed E-state index contributed by atoms with van der Waals surface area (Å²) in [5, 5.41) is -11.3. The Morgan fingerprint density at radius 2 is 1.45 bits per heavy atom. The van der Waals surface area contributed by atoms with Crippen molar-refractivity contribution < 1.29 is 75.8 Å². The van der Waals surface area contributed by atoms with Crippen LogP contribution in [0, 0.1) is 5.92 Å². The van der Waals surface area contributed by atoms with E-state index in [0.717, 1.165) is 12.1 Å². The zero-order valence-corrected chi connectivity index (χ0v) is 23.6. The maximum absolute atomic E-state index is 13.9. The summed E-state index contributed by atoms with van der Waals surface area (Å²) in [7, 11) is -14.1. The molecule has 0 aliphatic carbocycles. The fourth-order valence-electron chi connectivity index (χ4n) is 2.71. The molecular weight excluding hydrogens is 632 g/mol. The number of rotatable bonds is 17. The van der Waals surface area contributed by atoms with E-state index in [1.165, 1.54) is 0 Å². The molecule has 42 heavy (non-hydrogen) atoms. The molecule has 20 heteroatoms. The van der Waals surface area contributed by atoms with Crippen LogP contribution in [-0.4, -0.2) is 75.4 Å². The van der Waals surface area contributed by atoms with Gasteiger partial charge in [0, 0.05) is 13.0 Å². The Balaban J connectivity index is 2.57. The molecule has 1 amide bonds. The number of hydrogen-bond acceptors (Lipinski definition) is 10. The molecule has 1 atom stereocenters. The Hall–Kier alpha value is -3.13. The topological polar surface area (TPSA) is 179 Å². The van der Waals surface area contributed by atoms with E-state index in [1.54, 1.807) is 13.8 Å². The van der Waals surface area contributed by atoms with Gasteiger partial charge in [-0.1, -0.05) is 26.0 Å². The Labute approximate surface area is 236 Å². The predicted molar refractivity (Wildman–Crippen MR) is 130 cm³/mol. The van der Waals surface area contributed by atoms with Crippen molar-refractivity contribution in [3.05, 3.63) is 29.8 Å². The summed E-state index contributed by atoms with van der Waals surface area (Å²) in [6, 6.07) is 3.46. The molecule has 1 aromatic carbocycles. The van der Waals surface area contributed by atoms with Crippen molar-refractivity contribution in [2.24, 2.45) is 5.92 Å². The third-order valence-electron chi connectivity index (χ3n) is 5.40. The smallest absolute Gasteiger partial charge is 0.450 e. The summed E-state index contributed by atoms with van der Waals surface area (Å²) < 4.78 is 147. The van der Waals surface area contributed by atoms with Crippen LogP contribution in [0.25, 0.3) is 0 Å². The highest BCUT2D eigenvalue weighted by Gasteiger charge is 2.83. The molecule has 0 spiro atoms. The van der Waals surface area contributed by atoms with Gasteiger partial charge < -0.3 is 19.0 Å². The first-order chi connectivity index (χ1) is 19.1. The summed E-state index contributed by atoms with van der Waals surface area (Å²) in [5.41, 5.74) is 0.321. The van der Waals surface area contributed by atoms with Gasteiger partial charge in [-0.2, -0.15) is 43.2 Å². The van der Waals surface area contributed by atoms with E-state index in [9.17, 15) is 57.6 Å². The van der Waals surface area contributed by atoms with E-state index in [1.807, 2.05) is 0 Å². The SMILES string of the molecule is CCC(C)C(=O)OCCOC(=O)CCC(=O)NCCc1ccc(OS(=O)(=O)C(F)(F)C(F)(F)C(F)(F)S(=O)(=O)O)cc1. The summed E-state index contributed by atoms with van der Waals surface area (Å²) in [6.07, 6.45) is 0.0927. The third-order valence-corrected chi connectivity index (χ3v) is 7.60. The molecule has 0 aliphatic rings. The van der Waals surface area contributed by atoms with Crippen LogP contribution < -0.4 is 9.50 Å². The molecule has 0 saturated carbocycles. The number of halogens is 6. The molecule has 1 rings (SSSR count). The lowest BCUT2D eigenvalue weighted by Crippen LogP contribution is -2.61. The van der Waals surface area contributed by atoms with Crippen molar-refractivity contribution in [3.8, 4) is 5.75 Å². The van der Waals surface area contributed by atoms with Crippen molar-refractivity contribution in [1.29, 1.82) is 0 Å². The second kappa shape index (κ2) is 14.4. The van der Waals surface area contributed by atoms with Crippen molar-refractivity contribution in [2.45, 2.75) is 56.0 Å². The molecular formula is C22H27F6NO11S2. The molecule has 2 N–H and O–H groups in total. The van der Waals surface area contributed by atoms with Crippen LogP contribution in [0.15, 0.2) is 24.3 Å². The van der Waals surface area contributed by atoms with Crippen LogP contribution in [0.1, 0.15) is 38.7 Å². The molecule has 1 unspecified atom stereocenters. The van der Waals surface area contributed by atoms with Gasteiger partial charge in [0.2, 0.25) is 5.91 Å². The van der Waals surface area contributed by atoms with Crippen molar-refractivity contribution in [2.75, 3.05) is 19.8 Å². The Morgan fingerprint density at radius 1 is 0.905 bits per heavy atom. The number of hydrogen-bond donors (Lipinski definition) is 2. The van der Waals surface area contributed by atoms with E-state index in [0.29, 0.717) is 24.1 Å². The second-order valence-corrected chi connectivity index (χ2v) is 11.6. The van der Waals surface area contributed by atoms with E-state index in [2.05, 4.69) is 9.50 Å². The molecule has 1 aromatic rings. The first-order valence-corrected chi connectivity index (χ1v) is 14.7. The summed E-state index contributed by atoms with van der Waals surface area (Å²) in [5.74, 6) is -10.2. The van der Waals surface area contributed by atoms with Gasteiger partial charge in [0.25, 0.3) is 0 Å². The molecule has 0 heterocycles. The quantitative estimate of drug-likeness (QED) is 0.0826. The van der Waals surface area contributed by atoms with Crippen LogP contribution in [0.2, 0.25) is 0 Å². The average Bonchev–Trinajstić information content (AvgIpc) is 2.89. The standard InChI is InChI=1S/C22H27F6NO11S2/c1-3-14(2)19(32)39-13-12-38-18(31)9-8-17(30)29-11-10-15-4-6-16(7-5-15)40-42(36,37)22(27,28)20(23,24)21(25,26)41(33,34)35/h4-7,14H,3,8-13H2,1-2H3,(H,29,30)(H,33,34,35). The fraction of sp³-hybridized carbons (Fsp3) is 0.591. The summed E-state index contributed by atoms with van der Waals surface area (Å²) >= 11 is 0. The first kappa shape index (κ1) is 36.9. The minimum absolute atomic E-state index is 0.0348. The number of benzene rings is 1. The maximum Gasteiger partial charge on any atom is 0.450 e. The molecule has 0 radical (unpaired) electrons. The van der Waals surface area contributed by atoms with E-state index >= 15 is 0 Å². The van der Waals surface area contributed by atoms with Gasteiger partial charge in [0.15, 0.2) is 0 Å². The van der Waals surface area contributed by atoms with Crippen molar-refractivity contribution >= 4 is 38.1 Å². The molecule has 0 fully saturated rings. The normalized spacial score (nSPS) is 13.6. The van der Waals surface area contributed by atoms with Gasteiger partial charge in [-0.15, -0.1) is 0 Å². The highest BCUT2D eigenvalue weighted by Crippen LogP contribution is 2.50. The van der Waals surface area contributed by atoms with Crippen LogP contribution >= 0.6 is 0 Å². The number of carbonyl (C=O) groups is 3. The Bertz CT molecular complexity index is 1320. The van der Waals surface area contributed by atoms with E-state index in [-0.39, 0.29) is 44.9 Å². The molecule has 0 bridgehead atoms. The van der Waals surface area contributed by atoms with Crippen molar-refractivity contribution in [1.82, 2.24) is 5.32 Å². The van der Waals surface area contributed by atoms with Crippen LogP contribution in [0.4, 0.5) is 26.3 Å². The van der Waals surface area contributed by atoms with E-state index in [4.69, 9.17) is 14.0 Å². The maximum atomic E-state index is 13.9. The zero-order chi connectivity index (χ0) is 32.6. The monoisotopic (exact) mass is 659 g/mol. The Kier molecular flexibility index (Phi) is 12.6. The highest BCUT2D eigenvalue weighted by atomic mass is 32.2. The summed E-state index contributed by atoms with van der Waals surface area (Å²) in [4.78, 5) is 35.0. The fourth-order valence-corrected chi connectivity index (χ4v) is 4.14. The lowest BCUT2D eigenvalue weighted by atomic mass is 10.1. The first-order valence-electron chi connectivity index (χ1n) is 11.8. The minimum atomic E-state index is -7.17. The highest BCUT2D eigenvalue weighted by molar-refractivity contribution is 7.88. The summed E-state index contributed by atoms with van der Waals surface area (Å²) in [6.45, 7) is 3.10. The number of alkyl halides is 6. The molecule has 240 valence electrons. The van der Waals surface area contributed by atoms with Crippen molar-refractivity contribution in [3.63, 3.8) is 0 Å². The zero-order valence-electron chi connectivity index (χ0n) is 22.0. The van der Waals surface area contributed by atoms with Gasteiger partial charge in [0.05, 0.1) is 12.3 Å². The van der Waals surface area contributed by atoms with Crippen LogP contribution in [-0.2, 0) is 50.5 Å². The van der Waals surface area contributed by atoms with Crippen LogP contribution in [0.3, 0.4) is 0 Å². The van der Waals surface area contributed by atoms with E-state index < -0.39 is 60.3 Å². The minimum Gasteiger partial charge on any atom is -0.462 e. The number of esters is 2. The molecule has 0 aliphatic heterocycles. The van der Waals surface area contributed by atoms with Gasteiger partial charge in [-0.05, 0) is 30.5 Å². The molecule has 0 aromatic heterocycles. The van der Waals surface area contributed by atoms with Gasteiger partial charge in [-0.25, -0.2) is 0 Å². The van der Waals surface area contributed by atoms with Gasteiger partial charge in [-0.3, -0.25) is 18.9 Å². The van der Waals surface area contributed by atoms with Crippen LogP contribution in [0.5, 0.6) is 5.75 Å². The Morgan fingerprint density at radius 3 is 1.98 bits per heavy atom. The third kappa shape index (κ3) is 9.18. The average molecular weight is 660 g/mol. The lowest BCUT2D eigenvalue weighted by molar-refractivity contribution is -0.247. The van der Waals surface area contributed by atoms with Gasteiger partial charge >= 0.3 is 48.6 Å². The number of nitrogens with one attached hydrogen (secondary N) is 1. The second-order valence-electron chi connectivity index (χ2n) is 8.56. The number of carbonyl (C=O) groups excluding carboxylic acids is 3. The predicted octanol–water partition coefficient (Wildman–Crippen LogP) is 2.68.